The summed E-state index contributed by atoms with van der Waals surface area (Å²) in [7, 11) is 3.96. The van der Waals surface area contributed by atoms with Crippen molar-refractivity contribution >= 4 is 34.7 Å². The van der Waals surface area contributed by atoms with Crippen LogP contribution in [-0.2, 0) is 11.3 Å². The number of nitrogens with zero attached hydrogens (tertiary/aromatic N) is 3. The van der Waals surface area contributed by atoms with Gasteiger partial charge in [-0.15, -0.1) is 0 Å². The van der Waals surface area contributed by atoms with Crippen LogP contribution < -0.4 is 21.3 Å². The summed E-state index contributed by atoms with van der Waals surface area (Å²) in [5, 5.41) is 5.89. The predicted molar refractivity (Wildman–Crippen MR) is 157 cm³/mol. The van der Waals surface area contributed by atoms with Gasteiger partial charge in [-0.3, -0.25) is 9.69 Å². The van der Waals surface area contributed by atoms with Crippen molar-refractivity contribution in [2.24, 2.45) is 0 Å². The highest BCUT2D eigenvalue weighted by molar-refractivity contribution is 6.05. The standard InChI is InChI=1S/C30H38N6O3/c1-34(2)26-14-12-25(13-15-26)32-30(38)36(17-5-16-35-18-20-39-21-19-35)22-23-8-10-24(11-9-23)29(37)33-28-7-4-3-6-27(28)31/h3-4,6-15H,5,16-22,31H2,1-2H3,(H,32,38)(H,33,37). The second-order valence-electron chi connectivity index (χ2n) is 9.84. The molecule has 1 aliphatic rings. The molecule has 206 valence electrons. The summed E-state index contributed by atoms with van der Waals surface area (Å²) < 4.78 is 5.45. The van der Waals surface area contributed by atoms with Crippen molar-refractivity contribution in [3.63, 3.8) is 0 Å². The smallest absolute Gasteiger partial charge is 0.322 e. The largest absolute Gasteiger partial charge is 0.397 e. The Hall–Kier alpha value is -4.08. The number of nitrogens with one attached hydrogen (secondary N) is 2. The van der Waals surface area contributed by atoms with Gasteiger partial charge in [-0.1, -0.05) is 24.3 Å². The lowest BCUT2D eigenvalue weighted by Crippen LogP contribution is -2.40. The third kappa shape index (κ3) is 8.20. The highest BCUT2D eigenvalue weighted by atomic mass is 16.5. The molecule has 1 saturated heterocycles. The van der Waals surface area contributed by atoms with Crippen LogP contribution in [0.15, 0.2) is 72.8 Å². The van der Waals surface area contributed by atoms with E-state index in [1.807, 2.05) is 72.4 Å². The fraction of sp³-hybridized carbons (Fsp3) is 0.333. The normalized spacial score (nSPS) is 13.5. The Bertz CT molecular complexity index is 1220. The van der Waals surface area contributed by atoms with Gasteiger partial charge in [0.25, 0.3) is 5.91 Å². The first-order valence-corrected chi connectivity index (χ1v) is 13.3. The lowest BCUT2D eigenvalue weighted by molar-refractivity contribution is 0.0365. The van der Waals surface area contributed by atoms with E-state index in [0.29, 0.717) is 30.0 Å². The number of morpholine rings is 1. The lowest BCUT2D eigenvalue weighted by Gasteiger charge is -2.28. The van der Waals surface area contributed by atoms with E-state index in [4.69, 9.17) is 10.5 Å². The van der Waals surface area contributed by atoms with Crippen LogP contribution in [0.1, 0.15) is 22.3 Å². The molecule has 1 heterocycles. The Morgan fingerprint density at radius 3 is 2.28 bits per heavy atom. The summed E-state index contributed by atoms with van der Waals surface area (Å²) in [5.41, 5.74) is 10.3. The van der Waals surface area contributed by atoms with Crippen LogP contribution in [0.4, 0.5) is 27.5 Å². The summed E-state index contributed by atoms with van der Waals surface area (Å²) in [4.78, 5) is 32.2. The SMILES string of the molecule is CN(C)c1ccc(NC(=O)N(CCCN2CCOCC2)Cc2ccc(C(=O)Nc3ccccc3N)cc2)cc1. The minimum Gasteiger partial charge on any atom is -0.397 e. The van der Waals surface area contributed by atoms with E-state index in [9.17, 15) is 9.59 Å². The summed E-state index contributed by atoms with van der Waals surface area (Å²) >= 11 is 0. The molecule has 9 nitrogen and oxygen atoms in total. The molecular weight excluding hydrogens is 492 g/mol. The van der Waals surface area contributed by atoms with E-state index in [1.54, 1.807) is 24.3 Å². The van der Waals surface area contributed by atoms with Gasteiger partial charge < -0.3 is 30.9 Å². The van der Waals surface area contributed by atoms with Gasteiger partial charge >= 0.3 is 6.03 Å². The highest BCUT2D eigenvalue weighted by Crippen LogP contribution is 2.19. The van der Waals surface area contributed by atoms with Crippen molar-refractivity contribution in [3.05, 3.63) is 83.9 Å². The summed E-state index contributed by atoms with van der Waals surface area (Å²) in [6, 6.07) is 22.1. The fourth-order valence-corrected chi connectivity index (χ4v) is 4.40. The van der Waals surface area contributed by atoms with Crippen molar-refractivity contribution in [2.75, 3.05) is 74.8 Å². The van der Waals surface area contributed by atoms with Gasteiger partial charge in [-0.25, -0.2) is 4.79 Å². The van der Waals surface area contributed by atoms with Crippen LogP contribution in [0.5, 0.6) is 0 Å². The van der Waals surface area contributed by atoms with Crippen molar-refractivity contribution in [3.8, 4) is 0 Å². The minimum absolute atomic E-state index is 0.157. The van der Waals surface area contributed by atoms with Crippen molar-refractivity contribution in [1.29, 1.82) is 0 Å². The molecule has 4 rings (SSSR count). The zero-order valence-electron chi connectivity index (χ0n) is 22.7. The van der Waals surface area contributed by atoms with E-state index < -0.39 is 0 Å². The van der Waals surface area contributed by atoms with E-state index in [-0.39, 0.29) is 11.9 Å². The predicted octanol–water partition coefficient (Wildman–Crippen LogP) is 4.34. The lowest BCUT2D eigenvalue weighted by atomic mass is 10.1. The maximum Gasteiger partial charge on any atom is 0.322 e. The Morgan fingerprint density at radius 2 is 1.62 bits per heavy atom. The second kappa shape index (κ2) is 13.6. The molecule has 0 spiro atoms. The molecule has 0 aromatic heterocycles. The number of hydrogen-bond donors (Lipinski definition) is 3. The Balaban J connectivity index is 1.40. The third-order valence-corrected chi connectivity index (χ3v) is 6.73. The summed E-state index contributed by atoms with van der Waals surface area (Å²) in [5.74, 6) is -0.235. The van der Waals surface area contributed by atoms with Crippen molar-refractivity contribution < 1.29 is 14.3 Å². The zero-order valence-corrected chi connectivity index (χ0v) is 22.7. The molecule has 0 atom stereocenters. The summed E-state index contributed by atoms with van der Waals surface area (Å²) in [6.07, 6.45) is 0.853. The molecule has 1 fully saturated rings. The van der Waals surface area contributed by atoms with Crippen molar-refractivity contribution in [2.45, 2.75) is 13.0 Å². The van der Waals surface area contributed by atoms with Crippen molar-refractivity contribution in [1.82, 2.24) is 9.80 Å². The number of carbonyl (C=O) groups excluding carboxylic acids is 2. The first-order valence-electron chi connectivity index (χ1n) is 13.3. The van der Waals surface area contributed by atoms with Gasteiger partial charge in [0.05, 0.1) is 24.6 Å². The average molecular weight is 531 g/mol. The summed E-state index contributed by atoms with van der Waals surface area (Å²) in [6.45, 7) is 5.29. The zero-order chi connectivity index (χ0) is 27.6. The molecule has 0 bridgehead atoms. The van der Waals surface area contributed by atoms with Gasteiger partial charge in [0.1, 0.15) is 0 Å². The molecule has 9 heteroatoms. The number of hydrogen-bond acceptors (Lipinski definition) is 6. The molecule has 3 aromatic carbocycles. The number of nitrogens with two attached hydrogens (primary N) is 1. The molecule has 0 radical (unpaired) electrons. The van der Waals surface area contributed by atoms with E-state index in [2.05, 4.69) is 15.5 Å². The molecule has 3 aromatic rings. The van der Waals surface area contributed by atoms with Crippen LogP contribution in [0.2, 0.25) is 0 Å². The molecule has 4 N–H and O–H groups in total. The monoisotopic (exact) mass is 530 g/mol. The van der Waals surface area contributed by atoms with E-state index in [0.717, 1.165) is 56.2 Å². The molecule has 1 aliphatic heterocycles. The number of benzene rings is 3. The van der Waals surface area contributed by atoms with Gasteiger partial charge in [0.15, 0.2) is 0 Å². The number of carbonyl (C=O) groups is 2. The van der Waals surface area contributed by atoms with Crippen LogP contribution in [0.25, 0.3) is 0 Å². The number of anilines is 4. The highest BCUT2D eigenvalue weighted by Gasteiger charge is 2.17. The molecule has 0 aliphatic carbocycles. The number of amides is 3. The average Bonchev–Trinajstić information content (AvgIpc) is 2.95. The molecule has 3 amide bonds. The van der Waals surface area contributed by atoms with Crippen LogP contribution in [-0.4, -0.2) is 75.2 Å². The number of ether oxygens (including phenoxy) is 1. The number of rotatable bonds is 10. The number of para-hydroxylation sites is 2. The topological polar surface area (TPSA) is 103 Å². The van der Waals surface area contributed by atoms with Gasteiger partial charge in [-0.2, -0.15) is 0 Å². The molecule has 39 heavy (non-hydrogen) atoms. The molecular formula is C30H38N6O3. The van der Waals surface area contributed by atoms with E-state index in [1.165, 1.54) is 0 Å². The number of urea groups is 1. The minimum atomic E-state index is -0.235. The molecule has 0 saturated carbocycles. The number of nitrogen functional groups attached to an aromatic ring is 1. The van der Waals surface area contributed by atoms with Crippen LogP contribution in [0.3, 0.4) is 0 Å². The van der Waals surface area contributed by atoms with Crippen LogP contribution in [0, 0.1) is 0 Å². The first-order chi connectivity index (χ1) is 18.9. The maximum atomic E-state index is 13.3. The quantitative estimate of drug-likeness (QED) is 0.337. The Morgan fingerprint density at radius 1 is 0.923 bits per heavy atom. The maximum absolute atomic E-state index is 13.3. The molecule has 0 unspecified atom stereocenters. The van der Waals surface area contributed by atoms with E-state index >= 15 is 0 Å². The second-order valence-corrected chi connectivity index (χ2v) is 9.84. The van der Waals surface area contributed by atoms with Gasteiger partial charge in [0.2, 0.25) is 0 Å². The Kier molecular flexibility index (Phi) is 9.77. The van der Waals surface area contributed by atoms with Crippen LogP contribution >= 0.6 is 0 Å². The Labute approximate surface area is 230 Å². The third-order valence-electron chi connectivity index (χ3n) is 6.73. The first kappa shape index (κ1) is 27.9. The fourth-order valence-electron chi connectivity index (χ4n) is 4.40. The van der Waals surface area contributed by atoms with Gasteiger partial charge in [-0.05, 0) is 60.5 Å². The van der Waals surface area contributed by atoms with Gasteiger partial charge in [0, 0.05) is 63.8 Å².